The molecule has 1 aliphatic rings. The Hall–Kier alpha value is -2.81. The summed E-state index contributed by atoms with van der Waals surface area (Å²) >= 11 is 1.37. The molecule has 0 saturated carbocycles. The van der Waals surface area contributed by atoms with E-state index in [-0.39, 0.29) is 11.6 Å². The third-order valence-corrected chi connectivity index (χ3v) is 5.50. The number of furan rings is 1. The Morgan fingerprint density at radius 2 is 2.04 bits per heavy atom. The number of carbonyl (C=O) groups excluding carboxylic acids is 3. The van der Waals surface area contributed by atoms with Gasteiger partial charge in [0.05, 0.1) is 12.0 Å². The first-order valence-corrected chi connectivity index (χ1v) is 9.63. The summed E-state index contributed by atoms with van der Waals surface area (Å²) in [7, 11) is 0. The fourth-order valence-corrected chi connectivity index (χ4v) is 4.24. The smallest absolute Gasteiger partial charge is 0.330 e. The van der Waals surface area contributed by atoms with Gasteiger partial charge in [-0.25, -0.2) is 9.18 Å². The van der Waals surface area contributed by atoms with E-state index in [9.17, 15) is 18.8 Å². The number of hydrogen-bond donors (Lipinski definition) is 1. The van der Waals surface area contributed by atoms with Gasteiger partial charge in [-0.15, -0.1) is 11.8 Å². The first-order chi connectivity index (χ1) is 13.4. The molecule has 9 heteroatoms. The van der Waals surface area contributed by atoms with Crippen LogP contribution in [0.3, 0.4) is 0 Å². The summed E-state index contributed by atoms with van der Waals surface area (Å²) < 4.78 is 24.3. The van der Waals surface area contributed by atoms with Gasteiger partial charge in [0.15, 0.2) is 6.10 Å². The molecular formula is C19H19FN2O5S. The number of esters is 1. The highest BCUT2D eigenvalue weighted by Crippen LogP contribution is 2.41. The van der Waals surface area contributed by atoms with Gasteiger partial charge in [-0.1, -0.05) is 12.1 Å². The molecule has 2 amide bonds. The highest BCUT2D eigenvalue weighted by molar-refractivity contribution is 7.99. The maximum atomic E-state index is 13.7. The molecule has 1 fully saturated rings. The van der Waals surface area contributed by atoms with E-state index in [1.54, 1.807) is 18.2 Å². The summed E-state index contributed by atoms with van der Waals surface area (Å²) in [4.78, 5) is 38.3. The molecule has 7 nitrogen and oxygen atoms in total. The van der Waals surface area contributed by atoms with Gasteiger partial charge in [0, 0.05) is 12.7 Å². The lowest BCUT2D eigenvalue weighted by Crippen LogP contribution is -2.44. The van der Waals surface area contributed by atoms with E-state index < -0.39 is 35.2 Å². The second kappa shape index (κ2) is 8.47. The Balaban J connectivity index is 1.65. The van der Waals surface area contributed by atoms with Crippen LogP contribution in [0, 0.1) is 5.82 Å². The number of ether oxygens (including phenoxy) is 1. The lowest BCUT2D eigenvalue weighted by Gasteiger charge is -2.26. The molecule has 2 aromatic rings. The zero-order chi connectivity index (χ0) is 20.3. The molecule has 1 saturated heterocycles. The first kappa shape index (κ1) is 19.9. The van der Waals surface area contributed by atoms with E-state index in [0.717, 1.165) is 0 Å². The molecule has 0 unspecified atom stereocenters. The third-order valence-electron chi connectivity index (χ3n) is 4.22. The van der Waals surface area contributed by atoms with Crippen LogP contribution in [0.4, 0.5) is 10.1 Å². The monoisotopic (exact) mass is 406 g/mol. The minimum Gasteiger partial charge on any atom is -0.466 e. The fourth-order valence-electron chi connectivity index (χ4n) is 2.83. The summed E-state index contributed by atoms with van der Waals surface area (Å²) in [5.41, 5.74) is -0.00457. The minimum atomic E-state index is -1.16. The minimum absolute atomic E-state index is 0.00457. The van der Waals surface area contributed by atoms with Gasteiger partial charge in [0.25, 0.3) is 5.91 Å². The molecule has 148 valence electrons. The molecular weight excluding hydrogens is 387 g/mol. The number of nitrogens with zero attached hydrogens (tertiary/aromatic N) is 1. The summed E-state index contributed by atoms with van der Waals surface area (Å²) in [6.07, 6.45) is 0.336. The summed E-state index contributed by atoms with van der Waals surface area (Å²) in [5, 5.41) is 1.94. The van der Waals surface area contributed by atoms with E-state index >= 15 is 0 Å². The number of hydrogen-bond acceptors (Lipinski definition) is 6. The van der Waals surface area contributed by atoms with Crippen molar-refractivity contribution in [2.24, 2.45) is 0 Å². The highest BCUT2D eigenvalue weighted by atomic mass is 32.2. The molecule has 0 aliphatic carbocycles. The summed E-state index contributed by atoms with van der Waals surface area (Å²) in [5.74, 6) is -1.40. The Morgan fingerprint density at radius 1 is 1.29 bits per heavy atom. The molecule has 3 rings (SSSR count). The van der Waals surface area contributed by atoms with Crippen molar-refractivity contribution in [3.05, 3.63) is 54.2 Å². The average molecular weight is 406 g/mol. The second-order valence-electron chi connectivity index (χ2n) is 6.19. The van der Waals surface area contributed by atoms with Gasteiger partial charge in [0.1, 0.15) is 23.0 Å². The van der Waals surface area contributed by atoms with Crippen LogP contribution in [0.25, 0.3) is 0 Å². The van der Waals surface area contributed by atoms with E-state index in [2.05, 4.69) is 5.32 Å². The normalized spacial score (nSPS) is 19.9. The number of para-hydroxylation sites is 1. The van der Waals surface area contributed by atoms with Crippen LogP contribution in [0.15, 0.2) is 47.1 Å². The molecule has 1 aromatic carbocycles. The van der Waals surface area contributed by atoms with Crippen LogP contribution < -0.4 is 5.32 Å². The zero-order valence-corrected chi connectivity index (χ0v) is 16.1. The fraction of sp³-hybridized carbons (Fsp3) is 0.316. The van der Waals surface area contributed by atoms with Crippen LogP contribution in [-0.2, 0) is 19.1 Å². The van der Waals surface area contributed by atoms with Gasteiger partial charge in [-0.05, 0) is 31.2 Å². The predicted octanol–water partition coefficient (Wildman–Crippen LogP) is 2.95. The van der Waals surface area contributed by atoms with E-state index in [4.69, 9.17) is 9.15 Å². The first-order valence-electron chi connectivity index (χ1n) is 8.58. The van der Waals surface area contributed by atoms with E-state index in [1.807, 2.05) is 0 Å². The second-order valence-corrected chi connectivity index (χ2v) is 7.30. The number of nitrogens with one attached hydrogen (secondary N) is 1. The maximum absolute atomic E-state index is 13.7. The standard InChI is InChI=1S/C19H19FN2O5S/c1-11(17(24)21-14-7-4-3-6-13(14)20)27-19(25)15-10-28-18(22(15)12(2)23)16-8-5-9-26-16/h3-9,11,15,18H,10H2,1-2H3,(H,21,24)/t11-,15+,18+/m0/s1. The van der Waals surface area contributed by atoms with Gasteiger partial charge in [0.2, 0.25) is 5.91 Å². The lowest BCUT2D eigenvalue weighted by atomic mass is 10.2. The quantitative estimate of drug-likeness (QED) is 0.768. The number of halogens is 1. The Morgan fingerprint density at radius 3 is 2.68 bits per heavy atom. The Labute approximate surface area is 165 Å². The van der Waals surface area contributed by atoms with Gasteiger partial charge in [-0.2, -0.15) is 0 Å². The Kier molecular flexibility index (Phi) is 6.03. The van der Waals surface area contributed by atoms with Crippen LogP contribution >= 0.6 is 11.8 Å². The van der Waals surface area contributed by atoms with E-state index in [1.165, 1.54) is 55.0 Å². The van der Waals surface area contributed by atoms with Crippen LogP contribution in [-0.4, -0.2) is 40.6 Å². The highest BCUT2D eigenvalue weighted by Gasteiger charge is 2.43. The van der Waals surface area contributed by atoms with Crippen molar-refractivity contribution < 1.29 is 27.9 Å². The van der Waals surface area contributed by atoms with Crippen molar-refractivity contribution in [2.45, 2.75) is 31.4 Å². The molecule has 2 heterocycles. The maximum Gasteiger partial charge on any atom is 0.330 e. The largest absolute Gasteiger partial charge is 0.466 e. The van der Waals surface area contributed by atoms with Gasteiger partial charge >= 0.3 is 5.97 Å². The van der Waals surface area contributed by atoms with Crippen LogP contribution in [0.1, 0.15) is 25.0 Å². The number of benzene rings is 1. The SMILES string of the molecule is CC(=O)N1[C@@H](C(=O)O[C@@H](C)C(=O)Nc2ccccc2F)CS[C@@H]1c1ccco1. The molecule has 0 bridgehead atoms. The number of amides is 2. The van der Waals surface area contributed by atoms with Crippen LogP contribution in [0.5, 0.6) is 0 Å². The predicted molar refractivity (Wildman–Crippen MR) is 101 cm³/mol. The number of thioether (sulfide) groups is 1. The van der Waals surface area contributed by atoms with E-state index in [0.29, 0.717) is 11.5 Å². The lowest BCUT2D eigenvalue weighted by molar-refractivity contribution is -0.160. The topological polar surface area (TPSA) is 88.8 Å². The number of carbonyl (C=O) groups is 3. The summed E-state index contributed by atoms with van der Waals surface area (Å²) in [6.45, 7) is 2.74. The van der Waals surface area contributed by atoms with Crippen LogP contribution in [0.2, 0.25) is 0 Å². The number of rotatable bonds is 5. The van der Waals surface area contributed by atoms with Crippen molar-refractivity contribution in [1.82, 2.24) is 4.90 Å². The van der Waals surface area contributed by atoms with Gasteiger partial charge in [-0.3, -0.25) is 9.59 Å². The molecule has 1 aromatic heterocycles. The third kappa shape index (κ3) is 4.19. The van der Waals surface area contributed by atoms with Crippen molar-refractivity contribution in [1.29, 1.82) is 0 Å². The van der Waals surface area contributed by atoms with Crippen molar-refractivity contribution in [3.8, 4) is 0 Å². The molecule has 1 N–H and O–H groups in total. The van der Waals surface area contributed by atoms with Crippen molar-refractivity contribution in [2.75, 3.05) is 11.1 Å². The van der Waals surface area contributed by atoms with Crippen molar-refractivity contribution >= 4 is 35.2 Å². The van der Waals surface area contributed by atoms with Crippen molar-refractivity contribution in [3.63, 3.8) is 0 Å². The summed E-state index contributed by atoms with van der Waals surface area (Å²) in [6, 6.07) is 8.27. The molecule has 1 aliphatic heterocycles. The molecule has 0 spiro atoms. The van der Waals surface area contributed by atoms with Gasteiger partial charge < -0.3 is 19.4 Å². The molecule has 3 atom stereocenters. The number of anilines is 1. The average Bonchev–Trinajstić information content (AvgIpc) is 3.32. The molecule has 0 radical (unpaired) electrons. The Bertz CT molecular complexity index is 873. The zero-order valence-electron chi connectivity index (χ0n) is 15.3. The molecule has 28 heavy (non-hydrogen) atoms.